The van der Waals surface area contributed by atoms with Crippen molar-refractivity contribution in [3.05, 3.63) is 59.7 Å². The molecule has 25 heavy (non-hydrogen) atoms. The number of thiocarbonyl (C=S) groups is 1. The molecular weight excluding hydrogens is 326 g/mol. The van der Waals surface area contributed by atoms with E-state index in [2.05, 4.69) is 84.4 Å². The Bertz CT molecular complexity index is 726. The zero-order valence-electron chi connectivity index (χ0n) is 15.3. The van der Waals surface area contributed by atoms with E-state index in [0.29, 0.717) is 6.04 Å². The molecule has 0 aliphatic carbocycles. The first-order valence-corrected chi connectivity index (χ1v) is 9.46. The molecule has 0 radical (unpaired) electrons. The minimum Gasteiger partial charge on any atom is -0.365 e. The Morgan fingerprint density at radius 1 is 1.12 bits per heavy atom. The lowest BCUT2D eigenvalue weighted by atomic mass is 10.1. The Kier molecular flexibility index (Phi) is 5.59. The fraction of sp³-hybridized carbons (Fsp3) is 0.381. The number of para-hydroxylation sites is 1. The number of nitrogens with zero attached hydrogens (tertiary/aromatic N) is 2. The summed E-state index contributed by atoms with van der Waals surface area (Å²) in [6, 6.07) is 17.6. The van der Waals surface area contributed by atoms with Gasteiger partial charge in [-0.2, -0.15) is 0 Å². The fourth-order valence-corrected chi connectivity index (χ4v) is 3.68. The number of aryl methyl sites for hydroxylation is 2. The molecule has 0 saturated carbocycles. The van der Waals surface area contributed by atoms with Crippen LogP contribution in [0, 0.1) is 6.92 Å². The minimum atomic E-state index is 0.428. The van der Waals surface area contributed by atoms with Crippen LogP contribution < -0.4 is 10.2 Å². The van der Waals surface area contributed by atoms with Gasteiger partial charge in [0.2, 0.25) is 0 Å². The van der Waals surface area contributed by atoms with Crippen molar-refractivity contribution < 1.29 is 0 Å². The maximum atomic E-state index is 5.69. The van der Waals surface area contributed by atoms with Gasteiger partial charge in [-0.3, -0.25) is 0 Å². The van der Waals surface area contributed by atoms with Gasteiger partial charge in [0.1, 0.15) is 0 Å². The highest BCUT2D eigenvalue weighted by atomic mass is 32.1. The molecule has 0 spiro atoms. The highest BCUT2D eigenvalue weighted by Gasteiger charge is 2.25. The molecule has 0 bridgehead atoms. The van der Waals surface area contributed by atoms with Gasteiger partial charge >= 0.3 is 0 Å². The minimum absolute atomic E-state index is 0.428. The van der Waals surface area contributed by atoms with Crippen molar-refractivity contribution in [1.82, 2.24) is 4.90 Å². The molecule has 1 atom stereocenters. The Morgan fingerprint density at radius 2 is 1.84 bits per heavy atom. The van der Waals surface area contributed by atoms with Gasteiger partial charge in [-0.25, -0.2) is 0 Å². The zero-order chi connectivity index (χ0) is 17.8. The first-order valence-electron chi connectivity index (χ1n) is 9.05. The summed E-state index contributed by atoms with van der Waals surface area (Å²) < 4.78 is 0. The highest BCUT2D eigenvalue weighted by molar-refractivity contribution is 7.80. The summed E-state index contributed by atoms with van der Waals surface area (Å²) in [5.74, 6) is 0. The monoisotopic (exact) mass is 353 g/mol. The SMILES string of the molecule is CCc1ccccc1NC(=S)N1CCN(c2ccc(C)cc2)C(C)C1. The molecule has 0 aromatic heterocycles. The maximum Gasteiger partial charge on any atom is 0.173 e. The number of benzene rings is 2. The summed E-state index contributed by atoms with van der Waals surface area (Å²) in [7, 11) is 0. The number of hydrogen-bond acceptors (Lipinski definition) is 2. The van der Waals surface area contributed by atoms with Gasteiger partial charge in [0, 0.05) is 37.1 Å². The third kappa shape index (κ3) is 4.13. The molecule has 2 aromatic rings. The van der Waals surface area contributed by atoms with Crippen LogP contribution >= 0.6 is 12.2 Å². The normalized spacial score (nSPS) is 17.5. The number of hydrogen-bond donors (Lipinski definition) is 1. The lowest BCUT2D eigenvalue weighted by Gasteiger charge is -2.42. The van der Waals surface area contributed by atoms with Gasteiger partial charge in [0.05, 0.1) is 0 Å². The van der Waals surface area contributed by atoms with Crippen molar-refractivity contribution in [2.45, 2.75) is 33.2 Å². The molecule has 4 heteroatoms. The topological polar surface area (TPSA) is 18.5 Å². The summed E-state index contributed by atoms with van der Waals surface area (Å²) in [6.45, 7) is 9.44. The Morgan fingerprint density at radius 3 is 2.52 bits per heavy atom. The standard InChI is InChI=1S/C21H27N3S/c1-4-18-7-5-6-8-20(18)22-21(25)23-13-14-24(17(3)15-23)19-11-9-16(2)10-12-19/h5-12,17H,4,13-15H2,1-3H3,(H,22,25). The van der Waals surface area contributed by atoms with Crippen LogP contribution in [0.1, 0.15) is 25.0 Å². The third-order valence-corrected chi connectivity index (χ3v) is 5.28. The molecule has 1 heterocycles. The Labute approximate surface area is 156 Å². The van der Waals surface area contributed by atoms with E-state index in [-0.39, 0.29) is 0 Å². The predicted octanol–water partition coefficient (Wildman–Crippen LogP) is 4.46. The van der Waals surface area contributed by atoms with Gasteiger partial charge in [-0.1, -0.05) is 42.8 Å². The van der Waals surface area contributed by atoms with Gasteiger partial charge in [-0.15, -0.1) is 0 Å². The molecule has 1 aliphatic heterocycles. The van der Waals surface area contributed by atoms with Crippen LogP contribution in [0.4, 0.5) is 11.4 Å². The van der Waals surface area contributed by atoms with E-state index in [1.54, 1.807) is 0 Å². The number of rotatable bonds is 3. The molecule has 132 valence electrons. The second-order valence-electron chi connectivity index (χ2n) is 6.76. The Balaban J connectivity index is 1.64. The van der Waals surface area contributed by atoms with Crippen LogP contribution in [-0.4, -0.2) is 35.7 Å². The summed E-state index contributed by atoms with van der Waals surface area (Å²) in [4.78, 5) is 4.76. The molecule has 2 aromatic carbocycles. The number of piperazine rings is 1. The van der Waals surface area contributed by atoms with Crippen LogP contribution in [0.15, 0.2) is 48.5 Å². The van der Waals surface area contributed by atoms with Gasteiger partial charge in [0.15, 0.2) is 5.11 Å². The van der Waals surface area contributed by atoms with Crippen molar-refractivity contribution in [2.24, 2.45) is 0 Å². The Hall–Kier alpha value is -2.07. The lowest BCUT2D eigenvalue weighted by molar-refractivity contribution is 0.342. The van der Waals surface area contributed by atoms with Crippen molar-refractivity contribution in [3.8, 4) is 0 Å². The summed E-state index contributed by atoms with van der Waals surface area (Å²) in [6.07, 6.45) is 1.00. The van der Waals surface area contributed by atoms with E-state index in [1.165, 1.54) is 16.8 Å². The van der Waals surface area contributed by atoms with E-state index >= 15 is 0 Å². The van der Waals surface area contributed by atoms with E-state index in [0.717, 1.165) is 36.9 Å². The molecule has 3 nitrogen and oxygen atoms in total. The molecule has 1 saturated heterocycles. The number of anilines is 2. The van der Waals surface area contributed by atoms with Crippen molar-refractivity contribution in [3.63, 3.8) is 0 Å². The average molecular weight is 354 g/mol. The fourth-order valence-electron chi connectivity index (χ4n) is 3.41. The molecule has 3 rings (SSSR count). The van der Waals surface area contributed by atoms with Crippen LogP contribution in [0.2, 0.25) is 0 Å². The van der Waals surface area contributed by atoms with Gasteiger partial charge < -0.3 is 15.1 Å². The summed E-state index contributed by atoms with van der Waals surface area (Å²) >= 11 is 5.69. The second kappa shape index (κ2) is 7.87. The van der Waals surface area contributed by atoms with E-state index in [1.807, 2.05) is 0 Å². The molecule has 1 aliphatic rings. The van der Waals surface area contributed by atoms with Crippen LogP contribution in [0.3, 0.4) is 0 Å². The van der Waals surface area contributed by atoms with E-state index in [9.17, 15) is 0 Å². The maximum absolute atomic E-state index is 5.69. The van der Waals surface area contributed by atoms with Crippen LogP contribution in [0.5, 0.6) is 0 Å². The molecule has 0 amide bonds. The lowest BCUT2D eigenvalue weighted by Crippen LogP contribution is -2.54. The van der Waals surface area contributed by atoms with Gasteiger partial charge in [-0.05, 0) is 56.2 Å². The summed E-state index contributed by atoms with van der Waals surface area (Å²) in [5, 5.41) is 4.28. The highest BCUT2D eigenvalue weighted by Crippen LogP contribution is 2.22. The zero-order valence-corrected chi connectivity index (χ0v) is 16.1. The van der Waals surface area contributed by atoms with E-state index in [4.69, 9.17) is 12.2 Å². The van der Waals surface area contributed by atoms with E-state index < -0.39 is 0 Å². The molecule has 1 N–H and O–H groups in total. The van der Waals surface area contributed by atoms with Crippen molar-refractivity contribution >= 4 is 28.7 Å². The first-order chi connectivity index (χ1) is 12.1. The van der Waals surface area contributed by atoms with Gasteiger partial charge in [0.25, 0.3) is 0 Å². The largest absolute Gasteiger partial charge is 0.365 e. The molecule has 1 unspecified atom stereocenters. The smallest absolute Gasteiger partial charge is 0.173 e. The summed E-state index contributed by atoms with van der Waals surface area (Å²) in [5.41, 5.74) is 5.03. The van der Waals surface area contributed by atoms with Crippen molar-refractivity contribution in [2.75, 3.05) is 29.9 Å². The quantitative estimate of drug-likeness (QED) is 0.821. The second-order valence-corrected chi connectivity index (χ2v) is 7.15. The van der Waals surface area contributed by atoms with Crippen LogP contribution in [-0.2, 0) is 6.42 Å². The molecule has 1 fully saturated rings. The van der Waals surface area contributed by atoms with Crippen LogP contribution in [0.25, 0.3) is 0 Å². The number of nitrogens with one attached hydrogen (secondary N) is 1. The third-order valence-electron chi connectivity index (χ3n) is 4.92. The predicted molar refractivity (Wildman–Crippen MR) is 112 cm³/mol. The molecular formula is C21H27N3S. The average Bonchev–Trinajstić information content (AvgIpc) is 2.63. The first kappa shape index (κ1) is 17.7. The van der Waals surface area contributed by atoms with Crippen molar-refractivity contribution in [1.29, 1.82) is 0 Å².